The fourth-order valence-corrected chi connectivity index (χ4v) is 4.68. The van der Waals surface area contributed by atoms with Gasteiger partial charge in [0.05, 0.1) is 16.1 Å². The zero-order valence-electron chi connectivity index (χ0n) is 16.8. The van der Waals surface area contributed by atoms with Crippen molar-refractivity contribution in [1.29, 1.82) is 0 Å². The van der Waals surface area contributed by atoms with Crippen LogP contribution >= 0.6 is 11.6 Å². The Morgan fingerprint density at radius 1 is 1.03 bits per heavy atom. The largest absolute Gasteiger partial charge is 0.339 e. The van der Waals surface area contributed by atoms with Gasteiger partial charge < -0.3 is 10.2 Å². The number of likely N-dealkylation sites (tertiary alicyclic amines) is 1. The zero-order chi connectivity index (χ0) is 21.9. The molecule has 1 heterocycles. The van der Waals surface area contributed by atoms with Gasteiger partial charge in [-0.2, -0.15) is 0 Å². The third kappa shape index (κ3) is 5.19. The predicted molar refractivity (Wildman–Crippen MR) is 116 cm³/mol. The Bertz CT molecular complexity index is 1050. The average molecular weight is 450 g/mol. The van der Waals surface area contributed by atoms with E-state index in [9.17, 15) is 18.0 Å². The number of benzene rings is 2. The highest BCUT2D eigenvalue weighted by atomic mass is 35.5. The molecule has 0 saturated carbocycles. The summed E-state index contributed by atoms with van der Waals surface area (Å²) in [7, 11) is -3.64. The van der Waals surface area contributed by atoms with Crippen LogP contribution in [0.2, 0.25) is 5.02 Å². The molecule has 2 amide bonds. The van der Waals surface area contributed by atoms with E-state index in [0.717, 1.165) is 12.8 Å². The Labute approximate surface area is 181 Å². The van der Waals surface area contributed by atoms with Gasteiger partial charge in [0.15, 0.2) is 0 Å². The van der Waals surface area contributed by atoms with Crippen LogP contribution < -0.4 is 10.0 Å². The van der Waals surface area contributed by atoms with E-state index in [1.807, 2.05) is 0 Å². The minimum atomic E-state index is -3.64. The van der Waals surface area contributed by atoms with Gasteiger partial charge in [0.25, 0.3) is 11.8 Å². The van der Waals surface area contributed by atoms with E-state index >= 15 is 0 Å². The van der Waals surface area contributed by atoms with Crippen molar-refractivity contribution < 1.29 is 18.0 Å². The fourth-order valence-electron chi connectivity index (χ4n) is 3.26. The summed E-state index contributed by atoms with van der Waals surface area (Å²) in [6, 6.07) is 10.1. The van der Waals surface area contributed by atoms with Gasteiger partial charge >= 0.3 is 0 Å². The molecule has 9 heteroatoms. The van der Waals surface area contributed by atoms with Gasteiger partial charge in [0.2, 0.25) is 10.0 Å². The summed E-state index contributed by atoms with van der Waals surface area (Å²) >= 11 is 6.07. The summed E-state index contributed by atoms with van der Waals surface area (Å²) in [6.45, 7) is 4.83. The Kier molecular flexibility index (Phi) is 6.80. The van der Waals surface area contributed by atoms with E-state index in [2.05, 4.69) is 10.0 Å². The van der Waals surface area contributed by atoms with Crippen LogP contribution in [0.5, 0.6) is 0 Å². The van der Waals surface area contributed by atoms with Crippen molar-refractivity contribution in [3.8, 4) is 0 Å². The van der Waals surface area contributed by atoms with Crippen LogP contribution in [-0.4, -0.2) is 44.3 Å². The maximum atomic E-state index is 12.8. The molecule has 2 N–H and O–H groups in total. The number of hydrogen-bond acceptors (Lipinski definition) is 4. The molecular formula is C21H24ClN3O4S. The molecule has 7 nitrogen and oxygen atoms in total. The molecule has 3 rings (SSSR count). The van der Waals surface area contributed by atoms with E-state index in [-0.39, 0.29) is 22.4 Å². The van der Waals surface area contributed by atoms with Crippen LogP contribution in [0.1, 0.15) is 47.4 Å². The first kappa shape index (κ1) is 22.3. The molecule has 1 saturated heterocycles. The van der Waals surface area contributed by atoms with Gasteiger partial charge in [-0.25, -0.2) is 13.1 Å². The van der Waals surface area contributed by atoms with Crippen LogP contribution in [0.3, 0.4) is 0 Å². The molecule has 0 radical (unpaired) electrons. The van der Waals surface area contributed by atoms with Gasteiger partial charge in [-0.3, -0.25) is 9.59 Å². The van der Waals surface area contributed by atoms with Gasteiger partial charge in [-0.15, -0.1) is 0 Å². The minimum absolute atomic E-state index is 0.0698. The molecule has 0 bridgehead atoms. The van der Waals surface area contributed by atoms with Crippen LogP contribution in [0, 0.1) is 0 Å². The lowest BCUT2D eigenvalue weighted by Gasteiger charge is -2.18. The lowest BCUT2D eigenvalue weighted by molar-refractivity contribution is 0.0794. The summed E-state index contributed by atoms with van der Waals surface area (Å²) in [5.41, 5.74) is 0.954. The lowest BCUT2D eigenvalue weighted by Crippen LogP contribution is -2.30. The highest BCUT2D eigenvalue weighted by molar-refractivity contribution is 7.89. The Balaban J connectivity index is 1.81. The number of anilines is 1. The lowest BCUT2D eigenvalue weighted by atomic mass is 10.1. The van der Waals surface area contributed by atoms with E-state index in [4.69, 9.17) is 11.6 Å². The van der Waals surface area contributed by atoms with Crippen molar-refractivity contribution in [1.82, 2.24) is 9.62 Å². The van der Waals surface area contributed by atoms with Crippen molar-refractivity contribution in [2.45, 2.75) is 37.6 Å². The van der Waals surface area contributed by atoms with Crippen LogP contribution in [0.4, 0.5) is 5.69 Å². The number of hydrogen-bond donors (Lipinski definition) is 2. The topological polar surface area (TPSA) is 95.6 Å². The van der Waals surface area contributed by atoms with Gasteiger partial charge in [-0.1, -0.05) is 11.6 Å². The maximum absolute atomic E-state index is 12.8. The average Bonchev–Trinajstić information content (AvgIpc) is 3.21. The van der Waals surface area contributed by atoms with Crippen molar-refractivity contribution in [2.75, 3.05) is 18.4 Å². The first-order valence-corrected chi connectivity index (χ1v) is 11.6. The second kappa shape index (κ2) is 9.16. The van der Waals surface area contributed by atoms with Gasteiger partial charge in [-0.05, 0) is 69.2 Å². The quantitative estimate of drug-likeness (QED) is 0.705. The first-order valence-electron chi connectivity index (χ1n) is 9.70. The van der Waals surface area contributed by atoms with Gasteiger partial charge in [0.1, 0.15) is 0 Å². The smallest absolute Gasteiger partial charge is 0.255 e. The number of amides is 2. The number of rotatable bonds is 6. The number of nitrogens with one attached hydrogen (secondary N) is 2. The fraction of sp³-hybridized carbons (Fsp3) is 0.333. The number of nitrogens with zero attached hydrogens (tertiary/aromatic N) is 1. The highest BCUT2D eigenvalue weighted by Gasteiger charge is 2.23. The SMILES string of the molecule is CC(C)NS(=O)(=O)c1ccc(C(=O)Nc2cc(Cl)ccc2C(=O)N2CCCC2)cc1. The van der Waals surface area contributed by atoms with Crippen molar-refractivity contribution >= 4 is 39.1 Å². The Morgan fingerprint density at radius 2 is 1.67 bits per heavy atom. The van der Waals surface area contributed by atoms with Crippen molar-refractivity contribution in [2.24, 2.45) is 0 Å². The standard InChI is InChI=1S/C21H24ClN3O4S/c1-14(2)24-30(28,29)17-8-5-15(6-9-17)20(26)23-19-13-16(22)7-10-18(19)21(27)25-11-3-4-12-25/h5-10,13-14,24H,3-4,11-12H2,1-2H3,(H,23,26). The van der Waals surface area contributed by atoms with E-state index < -0.39 is 15.9 Å². The van der Waals surface area contributed by atoms with Crippen molar-refractivity contribution in [3.63, 3.8) is 0 Å². The molecule has 0 aliphatic carbocycles. The summed E-state index contributed by atoms with van der Waals surface area (Å²) in [6.07, 6.45) is 1.92. The predicted octanol–water partition coefficient (Wildman–Crippen LogP) is 3.52. The number of carbonyl (C=O) groups excluding carboxylic acids is 2. The molecule has 2 aromatic rings. The van der Waals surface area contributed by atoms with E-state index in [0.29, 0.717) is 29.4 Å². The molecule has 0 spiro atoms. The van der Waals surface area contributed by atoms with Crippen LogP contribution in [0.25, 0.3) is 0 Å². The molecule has 1 aliphatic heterocycles. The molecule has 1 fully saturated rings. The molecule has 30 heavy (non-hydrogen) atoms. The number of halogens is 1. The van der Waals surface area contributed by atoms with E-state index in [1.54, 1.807) is 30.9 Å². The normalized spacial score (nSPS) is 14.2. The summed E-state index contributed by atoms with van der Waals surface area (Å²) < 4.78 is 27.0. The van der Waals surface area contributed by atoms with Crippen LogP contribution in [0.15, 0.2) is 47.4 Å². The molecule has 0 aromatic heterocycles. The van der Waals surface area contributed by atoms with E-state index in [1.165, 1.54) is 30.3 Å². The molecule has 160 valence electrons. The van der Waals surface area contributed by atoms with Crippen molar-refractivity contribution in [3.05, 3.63) is 58.6 Å². The second-order valence-electron chi connectivity index (χ2n) is 7.44. The molecule has 1 aliphatic rings. The summed E-state index contributed by atoms with van der Waals surface area (Å²) in [4.78, 5) is 27.3. The monoisotopic (exact) mass is 449 g/mol. The third-order valence-electron chi connectivity index (χ3n) is 4.67. The molecule has 2 aromatic carbocycles. The van der Waals surface area contributed by atoms with Crippen LogP contribution in [-0.2, 0) is 10.0 Å². The summed E-state index contributed by atoms with van der Waals surface area (Å²) in [5.74, 6) is -0.617. The second-order valence-corrected chi connectivity index (χ2v) is 9.59. The zero-order valence-corrected chi connectivity index (χ0v) is 18.4. The molecule has 0 atom stereocenters. The number of carbonyl (C=O) groups is 2. The minimum Gasteiger partial charge on any atom is -0.339 e. The molecule has 0 unspecified atom stereocenters. The maximum Gasteiger partial charge on any atom is 0.255 e. The molecular weight excluding hydrogens is 426 g/mol. The Morgan fingerprint density at radius 3 is 2.27 bits per heavy atom. The van der Waals surface area contributed by atoms with Gasteiger partial charge in [0, 0.05) is 29.7 Å². The Hall–Kier alpha value is -2.42. The summed E-state index contributed by atoms with van der Waals surface area (Å²) in [5, 5.41) is 3.12. The number of sulfonamides is 1. The highest BCUT2D eigenvalue weighted by Crippen LogP contribution is 2.25. The first-order chi connectivity index (χ1) is 14.2. The third-order valence-corrected chi connectivity index (χ3v) is 6.58.